The molecule has 0 radical (unpaired) electrons. The minimum Gasteiger partial charge on any atom is -0.445 e. The molecule has 1 aliphatic rings. The van der Waals surface area contributed by atoms with Gasteiger partial charge in [0.25, 0.3) is 0 Å². The number of nitrogens with zero attached hydrogens (tertiary/aromatic N) is 1. The second kappa shape index (κ2) is 7.76. The smallest absolute Gasteiger partial charge is 0.410 e. The van der Waals surface area contributed by atoms with Crippen LogP contribution in [0.4, 0.5) is 9.59 Å². The molecular formula is C19H28N2O4. The summed E-state index contributed by atoms with van der Waals surface area (Å²) >= 11 is 0. The SMILES string of the molecule is CC1(NC(=O)OC(C)(C)C)CCN(C(=O)OCc2ccccc2)CC1. The second-order valence-corrected chi connectivity index (χ2v) is 7.71. The fourth-order valence-corrected chi connectivity index (χ4v) is 2.67. The lowest BCUT2D eigenvalue weighted by molar-refractivity contribution is 0.0389. The summed E-state index contributed by atoms with van der Waals surface area (Å²) in [5.41, 5.74) is 0.0605. The third kappa shape index (κ3) is 6.29. The molecule has 0 aliphatic carbocycles. The second-order valence-electron chi connectivity index (χ2n) is 7.71. The number of likely N-dealkylation sites (tertiary alicyclic amines) is 1. The van der Waals surface area contributed by atoms with Crippen molar-refractivity contribution >= 4 is 12.2 Å². The monoisotopic (exact) mass is 348 g/mol. The average Bonchev–Trinajstić information content (AvgIpc) is 2.52. The zero-order chi connectivity index (χ0) is 18.5. The maximum Gasteiger partial charge on any atom is 0.410 e. The van der Waals surface area contributed by atoms with E-state index in [4.69, 9.17) is 9.47 Å². The number of rotatable bonds is 3. The van der Waals surface area contributed by atoms with Crippen LogP contribution in [0.1, 0.15) is 46.1 Å². The number of amides is 2. The molecule has 0 bridgehead atoms. The molecule has 2 amide bonds. The third-order valence-electron chi connectivity index (χ3n) is 4.13. The van der Waals surface area contributed by atoms with Crippen LogP contribution in [-0.4, -0.2) is 41.3 Å². The normalized spacial score (nSPS) is 16.9. The first-order valence-corrected chi connectivity index (χ1v) is 8.64. The van der Waals surface area contributed by atoms with Crippen LogP contribution < -0.4 is 5.32 Å². The van der Waals surface area contributed by atoms with Gasteiger partial charge in [-0.3, -0.25) is 0 Å². The first-order valence-electron chi connectivity index (χ1n) is 8.64. The van der Waals surface area contributed by atoms with Gasteiger partial charge >= 0.3 is 12.2 Å². The summed E-state index contributed by atoms with van der Waals surface area (Å²) in [7, 11) is 0. The number of alkyl carbamates (subject to hydrolysis) is 1. The Kier molecular flexibility index (Phi) is 5.93. The largest absolute Gasteiger partial charge is 0.445 e. The predicted octanol–water partition coefficient (Wildman–Crippen LogP) is 3.70. The molecule has 1 fully saturated rings. The minimum atomic E-state index is -0.525. The Morgan fingerprint density at radius 2 is 1.76 bits per heavy atom. The van der Waals surface area contributed by atoms with Gasteiger partial charge in [-0.05, 0) is 46.1 Å². The van der Waals surface area contributed by atoms with Gasteiger partial charge in [0.15, 0.2) is 0 Å². The van der Waals surface area contributed by atoms with Crippen molar-refractivity contribution in [1.29, 1.82) is 0 Å². The fourth-order valence-electron chi connectivity index (χ4n) is 2.67. The highest BCUT2D eigenvalue weighted by molar-refractivity contribution is 5.69. The maximum atomic E-state index is 12.2. The van der Waals surface area contributed by atoms with Gasteiger partial charge in [-0.25, -0.2) is 9.59 Å². The summed E-state index contributed by atoms with van der Waals surface area (Å²) < 4.78 is 10.7. The van der Waals surface area contributed by atoms with Gasteiger partial charge < -0.3 is 19.7 Å². The van der Waals surface area contributed by atoms with E-state index in [0.717, 1.165) is 5.56 Å². The molecule has 6 nitrogen and oxygen atoms in total. The molecule has 1 heterocycles. The number of ether oxygens (including phenoxy) is 2. The molecule has 0 atom stereocenters. The maximum absolute atomic E-state index is 12.2. The molecular weight excluding hydrogens is 320 g/mol. The molecule has 138 valence electrons. The van der Waals surface area contributed by atoms with Crippen molar-refractivity contribution in [2.75, 3.05) is 13.1 Å². The summed E-state index contributed by atoms with van der Waals surface area (Å²) in [6.45, 7) is 8.83. The lowest BCUT2D eigenvalue weighted by atomic mass is 9.90. The van der Waals surface area contributed by atoms with Crippen LogP contribution in [0.2, 0.25) is 0 Å². The van der Waals surface area contributed by atoms with Crippen molar-refractivity contribution in [1.82, 2.24) is 10.2 Å². The number of nitrogens with one attached hydrogen (secondary N) is 1. The molecule has 1 saturated heterocycles. The first-order chi connectivity index (χ1) is 11.7. The lowest BCUT2D eigenvalue weighted by Gasteiger charge is -2.39. The molecule has 1 aromatic rings. The Hall–Kier alpha value is -2.24. The highest BCUT2D eigenvalue weighted by Gasteiger charge is 2.34. The van der Waals surface area contributed by atoms with Crippen LogP contribution in [0.5, 0.6) is 0 Å². The highest BCUT2D eigenvalue weighted by Crippen LogP contribution is 2.23. The Bertz CT molecular complexity index is 587. The van der Waals surface area contributed by atoms with Crippen molar-refractivity contribution in [3.8, 4) is 0 Å². The molecule has 2 rings (SSSR count). The summed E-state index contributed by atoms with van der Waals surface area (Å²) in [6.07, 6.45) is 0.581. The standard InChI is InChI=1S/C19H28N2O4/c1-18(2,3)25-16(22)20-19(4)10-12-21(13-11-19)17(23)24-14-15-8-6-5-7-9-15/h5-9H,10-14H2,1-4H3,(H,20,22). The summed E-state index contributed by atoms with van der Waals surface area (Å²) in [4.78, 5) is 25.8. The number of hydrogen-bond donors (Lipinski definition) is 1. The number of carbonyl (C=O) groups excluding carboxylic acids is 2. The van der Waals surface area contributed by atoms with Crippen LogP contribution in [-0.2, 0) is 16.1 Å². The van der Waals surface area contributed by atoms with E-state index in [9.17, 15) is 9.59 Å². The van der Waals surface area contributed by atoms with E-state index < -0.39 is 11.7 Å². The van der Waals surface area contributed by atoms with Crippen molar-refractivity contribution in [3.63, 3.8) is 0 Å². The van der Waals surface area contributed by atoms with Crippen LogP contribution in [0.25, 0.3) is 0 Å². The molecule has 1 aromatic carbocycles. The number of hydrogen-bond acceptors (Lipinski definition) is 4. The Morgan fingerprint density at radius 1 is 1.16 bits per heavy atom. The van der Waals surface area contributed by atoms with Gasteiger partial charge in [-0.2, -0.15) is 0 Å². The summed E-state index contributed by atoms with van der Waals surface area (Å²) in [5.74, 6) is 0. The lowest BCUT2D eigenvalue weighted by Crippen LogP contribution is -2.55. The van der Waals surface area contributed by atoms with E-state index in [1.165, 1.54) is 0 Å². The van der Waals surface area contributed by atoms with Crippen LogP contribution >= 0.6 is 0 Å². The molecule has 0 aromatic heterocycles. The predicted molar refractivity (Wildman–Crippen MR) is 95.2 cm³/mol. The number of carbonyl (C=O) groups is 2. The van der Waals surface area contributed by atoms with Crippen LogP contribution in [0, 0.1) is 0 Å². The average molecular weight is 348 g/mol. The first kappa shape index (κ1) is 19.1. The van der Waals surface area contributed by atoms with Crippen molar-refractivity contribution in [2.45, 2.75) is 58.3 Å². The molecule has 1 N–H and O–H groups in total. The van der Waals surface area contributed by atoms with Crippen molar-refractivity contribution < 1.29 is 19.1 Å². The summed E-state index contributed by atoms with van der Waals surface area (Å²) in [5, 5.41) is 2.93. The highest BCUT2D eigenvalue weighted by atomic mass is 16.6. The zero-order valence-corrected chi connectivity index (χ0v) is 15.5. The third-order valence-corrected chi connectivity index (χ3v) is 4.13. The van der Waals surface area contributed by atoms with Gasteiger partial charge in [0.1, 0.15) is 12.2 Å². The van der Waals surface area contributed by atoms with E-state index in [-0.39, 0.29) is 18.2 Å². The van der Waals surface area contributed by atoms with E-state index >= 15 is 0 Å². The fraction of sp³-hybridized carbons (Fsp3) is 0.579. The molecule has 6 heteroatoms. The van der Waals surface area contributed by atoms with E-state index in [2.05, 4.69) is 5.32 Å². The van der Waals surface area contributed by atoms with Gasteiger partial charge in [0.2, 0.25) is 0 Å². The minimum absolute atomic E-state index is 0.267. The van der Waals surface area contributed by atoms with Crippen molar-refractivity contribution in [2.24, 2.45) is 0 Å². The van der Waals surface area contributed by atoms with Crippen LogP contribution in [0.15, 0.2) is 30.3 Å². The molecule has 0 unspecified atom stereocenters. The number of piperidine rings is 1. The number of benzene rings is 1. The van der Waals surface area contributed by atoms with Gasteiger partial charge in [-0.1, -0.05) is 30.3 Å². The molecule has 0 saturated carbocycles. The van der Waals surface area contributed by atoms with E-state index in [1.807, 2.05) is 58.0 Å². The van der Waals surface area contributed by atoms with Gasteiger partial charge in [0, 0.05) is 18.6 Å². The molecule has 25 heavy (non-hydrogen) atoms. The van der Waals surface area contributed by atoms with Gasteiger partial charge in [0.05, 0.1) is 0 Å². The molecule has 1 aliphatic heterocycles. The quantitative estimate of drug-likeness (QED) is 0.904. The van der Waals surface area contributed by atoms with Crippen LogP contribution in [0.3, 0.4) is 0 Å². The summed E-state index contributed by atoms with van der Waals surface area (Å²) in [6, 6.07) is 9.60. The molecule has 0 spiro atoms. The zero-order valence-electron chi connectivity index (χ0n) is 15.5. The Balaban J connectivity index is 1.78. The Morgan fingerprint density at radius 3 is 2.32 bits per heavy atom. The van der Waals surface area contributed by atoms with Crippen molar-refractivity contribution in [3.05, 3.63) is 35.9 Å². The topological polar surface area (TPSA) is 67.9 Å². The van der Waals surface area contributed by atoms with E-state index in [1.54, 1.807) is 4.90 Å². The van der Waals surface area contributed by atoms with Gasteiger partial charge in [-0.15, -0.1) is 0 Å². The van der Waals surface area contributed by atoms with E-state index in [0.29, 0.717) is 25.9 Å². The Labute approximate surface area is 149 Å².